The molecule has 2 aromatic rings. The van der Waals surface area contributed by atoms with Gasteiger partial charge in [0.1, 0.15) is 17.9 Å². The lowest BCUT2D eigenvalue weighted by Crippen LogP contribution is -2.11. The van der Waals surface area contributed by atoms with Gasteiger partial charge in [-0.1, -0.05) is 11.6 Å². The number of hydrogen-bond donors (Lipinski definition) is 1. The van der Waals surface area contributed by atoms with Crippen molar-refractivity contribution in [3.05, 3.63) is 14.5 Å². The van der Waals surface area contributed by atoms with E-state index in [-0.39, 0.29) is 11.8 Å². The molecule has 2 rings (SSSR count). The molecule has 2 heterocycles. The summed E-state index contributed by atoms with van der Waals surface area (Å²) < 4.78 is 8.03. The third-order valence-corrected chi connectivity index (χ3v) is 5.17. The Morgan fingerprint density at radius 1 is 1.33 bits per heavy atom. The Labute approximate surface area is 143 Å². The van der Waals surface area contributed by atoms with Gasteiger partial charge in [0.15, 0.2) is 14.5 Å². The van der Waals surface area contributed by atoms with E-state index >= 15 is 0 Å². The summed E-state index contributed by atoms with van der Waals surface area (Å²) in [6, 6.07) is 0. The van der Waals surface area contributed by atoms with E-state index in [0.29, 0.717) is 33.9 Å². The second kappa shape index (κ2) is 6.95. The first-order valence-electron chi connectivity index (χ1n) is 6.25. The van der Waals surface area contributed by atoms with Crippen LogP contribution in [0.5, 0.6) is 0 Å². The molecule has 0 saturated heterocycles. The number of aliphatic hydroxyl groups is 1. The maximum Gasteiger partial charge on any atom is 0.181 e. The number of ether oxygens (including phenoxy) is 1. The summed E-state index contributed by atoms with van der Waals surface area (Å²) in [5.41, 5.74) is 1.57. The highest BCUT2D eigenvalue weighted by molar-refractivity contribution is 14.1. The normalized spacial score (nSPS) is 13.0. The van der Waals surface area contributed by atoms with Gasteiger partial charge in [0.25, 0.3) is 0 Å². The molecule has 0 saturated carbocycles. The Hall–Kier alpha value is -0.160. The summed E-state index contributed by atoms with van der Waals surface area (Å²) in [5, 5.41) is 13.7. The van der Waals surface area contributed by atoms with E-state index in [4.69, 9.17) is 16.3 Å². The van der Waals surface area contributed by atoms with Crippen LogP contribution in [0.2, 0.25) is 5.15 Å². The van der Waals surface area contributed by atoms with Gasteiger partial charge < -0.3 is 9.84 Å². The number of rotatable bonds is 6. The zero-order valence-electron chi connectivity index (χ0n) is 12.1. The van der Waals surface area contributed by atoms with Crippen LogP contribution < -0.4 is 0 Å². The third-order valence-electron chi connectivity index (χ3n) is 2.75. The molecule has 0 aliphatic carbocycles. The standard InChI is InChI=1S/C12H18ClIN4O2S/c1-21(2,3)5-4-20-7-18-12-9(11(14)17-18)15-8(6-19)10(13)16-12/h19H,4-7H2,1-3H3. The number of hydrogen-bond acceptors (Lipinski definition) is 5. The van der Waals surface area contributed by atoms with Crippen LogP contribution in [0.25, 0.3) is 11.2 Å². The monoisotopic (exact) mass is 444 g/mol. The highest BCUT2D eigenvalue weighted by Gasteiger charge is 2.15. The van der Waals surface area contributed by atoms with Crippen molar-refractivity contribution in [1.82, 2.24) is 19.7 Å². The van der Waals surface area contributed by atoms with Gasteiger partial charge in [0.2, 0.25) is 0 Å². The van der Waals surface area contributed by atoms with Gasteiger partial charge in [0, 0.05) is 5.75 Å². The summed E-state index contributed by atoms with van der Waals surface area (Å²) in [7, 11) is -0.565. The Kier molecular flexibility index (Phi) is 5.69. The number of aromatic nitrogens is 4. The molecule has 0 unspecified atom stereocenters. The fourth-order valence-electron chi connectivity index (χ4n) is 1.61. The van der Waals surface area contributed by atoms with Crippen molar-refractivity contribution in [2.24, 2.45) is 0 Å². The molecule has 9 heteroatoms. The maximum atomic E-state index is 9.19. The van der Waals surface area contributed by atoms with Gasteiger partial charge in [-0.05, 0) is 41.4 Å². The lowest BCUT2D eigenvalue weighted by Gasteiger charge is -2.24. The molecule has 2 aromatic heterocycles. The van der Waals surface area contributed by atoms with Crippen molar-refractivity contribution in [3.63, 3.8) is 0 Å². The van der Waals surface area contributed by atoms with Gasteiger partial charge >= 0.3 is 0 Å². The molecule has 0 aliphatic heterocycles. The summed E-state index contributed by atoms with van der Waals surface area (Å²) in [4.78, 5) is 8.55. The SMILES string of the molecule is CS(C)(C)CCOCn1nc(I)c2nc(CO)c(Cl)nc21. The minimum atomic E-state index is -0.565. The van der Waals surface area contributed by atoms with Crippen LogP contribution in [-0.4, -0.2) is 56.0 Å². The molecule has 0 aromatic carbocycles. The van der Waals surface area contributed by atoms with Crippen LogP contribution in [0.4, 0.5) is 0 Å². The molecular formula is C12H18ClIN4O2S. The van der Waals surface area contributed by atoms with Gasteiger partial charge in [0.05, 0.1) is 13.2 Å². The van der Waals surface area contributed by atoms with Crippen molar-refractivity contribution in [1.29, 1.82) is 0 Å². The van der Waals surface area contributed by atoms with Crippen LogP contribution >= 0.6 is 44.2 Å². The molecule has 0 bridgehead atoms. The molecule has 0 aliphatic rings. The van der Waals surface area contributed by atoms with Gasteiger partial charge in [-0.15, -0.1) is 0 Å². The van der Waals surface area contributed by atoms with Crippen molar-refractivity contribution < 1.29 is 9.84 Å². The molecule has 118 valence electrons. The van der Waals surface area contributed by atoms with Gasteiger partial charge in [-0.25, -0.2) is 24.7 Å². The highest BCUT2D eigenvalue weighted by atomic mass is 127. The van der Waals surface area contributed by atoms with E-state index in [1.165, 1.54) is 0 Å². The van der Waals surface area contributed by atoms with E-state index in [1.54, 1.807) is 4.68 Å². The van der Waals surface area contributed by atoms with Crippen LogP contribution in [0.15, 0.2) is 0 Å². The Bertz CT molecular complexity index is 644. The van der Waals surface area contributed by atoms with E-state index in [2.05, 4.69) is 56.4 Å². The Morgan fingerprint density at radius 2 is 2.05 bits per heavy atom. The molecule has 0 amide bonds. The van der Waals surface area contributed by atoms with Gasteiger partial charge in [-0.2, -0.15) is 5.10 Å². The van der Waals surface area contributed by atoms with E-state index in [0.717, 1.165) is 5.75 Å². The fraction of sp³-hybridized carbons (Fsp3) is 0.583. The average Bonchev–Trinajstić information content (AvgIpc) is 2.69. The zero-order chi connectivity index (χ0) is 15.6. The minimum Gasteiger partial charge on any atom is -0.390 e. The second-order valence-corrected chi connectivity index (χ2v) is 11.4. The van der Waals surface area contributed by atoms with E-state index in [1.807, 2.05) is 0 Å². The van der Waals surface area contributed by atoms with Crippen molar-refractivity contribution >= 4 is 55.4 Å². The second-order valence-electron chi connectivity index (χ2n) is 5.41. The van der Waals surface area contributed by atoms with Crippen LogP contribution in [0.3, 0.4) is 0 Å². The summed E-state index contributed by atoms with van der Waals surface area (Å²) >= 11 is 8.08. The first-order valence-corrected chi connectivity index (χ1v) is 10.7. The smallest absolute Gasteiger partial charge is 0.181 e. The number of fused-ring (bicyclic) bond motifs is 1. The maximum absolute atomic E-state index is 9.19. The predicted octanol–water partition coefficient (Wildman–Crippen LogP) is 2.24. The van der Waals surface area contributed by atoms with Crippen molar-refractivity contribution in [3.8, 4) is 0 Å². The summed E-state index contributed by atoms with van der Waals surface area (Å²) in [6.45, 7) is 0.763. The molecule has 6 nitrogen and oxygen atoms in total. The quantitative estimate of drug-likeness (QED) is 0.546. The first kappa shape index (κ1) is 17.2. The highest BCUT2D eigenvalue weighted by Crippen LogP contribution is 2.33. The zero-order valence-corrected chi connectivity index (χ0v) is 15.9. The molecule has 0 atom stereocenters. The van der Waals surface area contributed by atoms with Crippen LogP contribution in [0, 0.1) is 3.70 Å². The Balaban J connectivity index is 2.15. The predicted molar refractivity (Wildman–Crippen MR) is 95.2 cm³/mol. The van der Waals surface area contributed by atoms with E-state index in [9.17, 15) is 5.11 Å². The largest absolute Gasteiger partial charge is 0.390 e. The van der Waals surface area contributed by atoms with E-state index < -0.39 is 10.0 Å². The molecule has 0 fully saturated rings. The van der Waals surface area contributed by atoms with Crippen LogP contribution in [0.1, 0.15) is 5.69 Å². The molecular weight excluding hydrogens is 427 g/mol. The number of aliphatic hydroxyl groups excluding tert-OH is 1. The average molecular weight is 445 g/mol. The number of nitrogens with zero attached hydrogens (tertiary/aromatic N) is 4. The Morgan fingerprint density at radius 3 is 2.67 bits per heavy atom. The lowest BCUT2D eigenvalue weighted by atomic mass is 10.4. The van der Waals surface area contributed by atoms with Crippen molar-refractivity contribution in [2.45, 2.75) is 13.3 Å². The summed E-state index contributed by atoms with van der Waals surface area (Å²) in [5.74, 6) is 1.05. The third kappa shape index (κ3) is 4.41. The first-order chi connectivity index (χ1) is 9.81. The molecule has 0 radical (unpaired) electrons. The lowest BCUT2D eigenvalue weighted by molar-refractivity contribution is 0.0834. The topological polar surface area (TPSA) is 73.1 Å². The molecule has 1 N–H and O–H groups in total. The summed E-state index contributed by atoms with van der Waals surface area (Å²) in [6.07, 6.45) is 6.76. The molecule has 0 spiro atoms. The van der Waals surface area contributed by atoms with Crippen molar-refractivity contribution in [2.75, 3.05) is 31.1 Å². The minimum absolute atomic E-state index is 0.196. The number of halogens is 2. The van der Waals surface area contributed by atoms with Crippen LogP contribution in [-0.2, 0) is 18.1 Å². The van der Waals surface area contributed by atoms with Gasteiger partial charge in [-0.3, -0.25) is 0 Å². The fourth-order valence-corrected chi connectivity index (χ4v) is 3.03. The molecule has 21 heavy (non-hydrogen) atoms.